The largest absolute Gasteiger partial charge is 0.454 e. The lowest BCUT2D eigenvalue weighted by molar-refractivity contribution is -0.157. The second-order valence-electron chi connectivity index (χ2n) is 4.48. The maximum absolute atomic E-state index is 13.3. The summed E-state index contributed by atoms with van der Waals surface area (Å²) in [7, 11) is 0. The summed E-state index contributed by atoms with van der Waals surface area (Å²) in [5.74, 6) is -1.38. The van der Waals surface area contributed by atoms with E-state index < -0.39 is 18.0 Å². The molecule has 108 valence electrons. The average Bonchev–Trinajstić information content (AvgIpc) is 2.98. The van der Waals surface area contributed by atoms with Crippen LogP contribution < -0.4 is 5.32 Å². The normalized spacial score (nSPS) is 17.8. The van der Waals surface area contributed by atoms with Crippen molar-refractivity contribution < 1.29 is 23.5 Å². The van der Waals surface area contributed by atoms with Gasteiger partial charge in [-0.15, -0.1) is 0 Å². The molecule has 1 N–H and O–H groups in total. The van der Waals surface area contributed by atoms with Crippen LogP contribution in [0.15, 0.2) is 24.3 Å². The fourth-order valence-corrected chi connectivity index (χ4v) is 1.88. The number of halogens is 1. The van der Waals surface area contributed by atoms with E-state index in [9.17, 15) is 14.0 Å². The van der Waals surface area contributed by atoms with E-state index in [0.29, 0.717) is 18.6 Å². The molecule has 0 aromatic heterocycles. The highest BCUT2D eigenvalue weighted by Crippen LogP contribution is 2.13. The second-order valence-corrected chi connectivity index (χ2v) is 4.48. The minimum Gasteiger partial charge on any atom is -0.454 e. The summed E-state index contributed by atoms with van der Waals surface area (Å²) in [5.41, 5.74) is 0.381. The Balaban J connectivity index is 1.70. The van der Waals surface area contributed by atoms with Gasteiger partial charge in [0.25, 0.3) is 5.91 Å². The average molecular weight is 281 g/mol. The summed E-state index contributed by atoms with van der Waals surface area (Å²) in [6.07, 6.45) is 0.879. The van der Waals surface area contributed by atoms with Crippen molar-refractivity contribution in [1.82, 2.24) is 5.32 Å². The second kappa shape index (κ2) is 7.00. The number of nitrogens with one attached hydrogen (secondary N) is 1. The minimum absolute atomic E-state index is 0.0585. The van der Waals surface area contributed by atoms with Gasteiger partial charge in [-0.25, -0.2) is 9.18 Å². The molecule has 0 bridgehead atoms. The zero-order chi connectivity index (χ0) is 14.4. The van der Waals surface area contributed by atoms with Crippen LogP contribution >= 0.6 is 0 Å². The van der Waals surface area contributed by atoms with Gasteiger partial charge in [0.15, 0.2) is 12.7 Å². The number of amides is 1. The maximum atomic E-state index is 13.3. The molecule has 1 aromatic carbocycles. The molecule has 0 unspecified atom stereocenters. The Morgan fingerprint density at radius 3 is 2.90 bits per heavy atom. The van der Waals surface area contributed by atoms with Crippen LogP contribution in [0.2, 0.25) is 0 Å². The van der Waals surface area contributed by atoms with E-state index in [-0.39, 0.29) is 19.0 Å². The summed E-state index contributed by atoms with van der Waals surface area (Å²) < 4.78 is 23.3. The Kier molecular flexibility index (Phi) is 5.06. The number of carbonyl (C=O) groups is 2. The SMILES string of the molecule is O=C(COC(=O)[C@@H]1CCCO1)NCc1ccccc1F. The zero-order valence-electron chi connectivity index (χ0n) is 10.9. The Labute approximate surface area is 116 Å². The van der Waals surface area contributed by atoms with Gasteiger partial charge in [0.2, 0.25) is 0 Å². The van der Waals surface area contributed by atoms with E-state index in [4.69, 9.17) is 9.47 Å². The predicted molar refractivity (Wildman–Crippen MR) is 68.2 cm³/mol. The van der Waals surface area contributed by atoms with E-state index >= 15 is 0 Å². The molecular weight excluding hydrogens is 265 g/mol. The molecule has 0 radical (unpaired) electrons. The Morgan fingerprint density at radius 1 is 1.40 bits per heavy atom. The summed E-state index contributed by atoms with van der Waals surface area (Å²) in [5, 5.41) is 2.49. The molecule has 20 heavy (non-hydrogen) atoms. The molecule has 1 saturated heterocycles. The minimum atomic E-state index is -0.561. The monoisotopic (exact) mass is 281 g/mol. The summed E-state index contributed by atoms with van der Waals surface area (Å²) in [6.45, 7) is 0.218. The van der Waals surface area contributed by atoms with Gasteiger partial charge in [0.05, 0.1) is 0 Å². The molecule has 0 saturated carbocycles. The Hall–Kier alpha value is -1.95. The van der Waals surface area contributed by atoms with Gasteiger partial charge in [-0.2, -0.15) is 0 Å². The lowest BCUT2D eigenvalue weighted by Gasteiger charge is -2.10. The first kappa shape index (κ1) is 14.5. The first-order valence-electron chi connectivity index (χ1n) is 6.45. The summed E-state index contributed by atoms with van der Waals surface area (Å²) in [6, 6.07) is 6.15. The smallest absolute Gasteiger partial charge is 0.335 e. The van der Waals surface area contributed by atoms with Gasteiger partial charge < -0.3 is 14.8 Å². The fraction of sp³-hybridized carbons (Fsp3) is 0.429. The van der Waals surface area contributed by atoms with Crippen LogP contribution in [0.3, 0.4) is 0 Å². The van der Waals surface area contributed by atoms with Gasteiger partial charge in [0, 0.05) is 18.7 Å². The number of ether oxygens (including phenoxy) is 2. The third-order valence-electron chi connectivity index (χ3n) is 2.97. The van der Waals surface area contributed by atoms with E-state index in [1.807, 2.05) is 0 Å². The molecule has 5 nitrogen and oxygen atoms in total. The van der Waals surface area contributed by atoms with Crippen molar-refractivity contribution in [3.05, 3.63) is 35.6 Å². The van der Waals surface area contributed by atoms with Gasteiger partial charge >= 0.3 is 5.97 Å². The highest BCUT2D eigenvalue weighted by atomic mass is 19.1. The molecule has 1 aliphatic rings. The van der Waals surface area contributed by atoms with Gasteiger partial charge in [0.1, 0.15) is 5.82 Å². The highest BCUT2D eigenvalue weighted by Gasteiger charge is 2.25. The van der Waals surface area contributed by atoms with Crippen molar-refractivity contribution in [2.24, 2.45) is 0 Å². The molecule has 1 amide bonds. The van der Waals surface area contributed by atoms with Crippen LogP contribution in [-0.2, 0) is 25.6 Å². The van der Waals surface area contributed by atoms with Crippen molar-refractivity contribution in [3.63, 3.8) is 0 Å². The standard InChI is InChI=1S/C14H16FNO4/c15-11-5-2-1-4-10(11)8-16-13(17)9-20-14(18)12-6-3-7-19-12/h1-2,4-5,12H,3,6-9H2,(H,16,17)/t12-/m0/s1. The first-order chi connectivity index (χ1) is 9.66. The fourth-order valence-electron chi connectivity index (χ4n) is 1.88. The lowest BCUT2D eigenvalue weighted by Crippen LogP contribution is -2.31. The van der Waals surface area contributed by atoms with Crippen LogP contribution in [0.5, 0.6) is 0 Å². The van der Waals surface area contributed by atoms with E-state index in [0.717, 1.165) is 6.42 Å². The number of esters is 1. The Morgan fingerprint density at radius 2 is 2.20 bits per heavy atom. The number of carbonyl (C=O) groups excluding carboxylic acids is 2. The van der Waals surface area contributed by atoms with Crippen molar-refractivity contribution in [3.8, 4) is 0 Å². The van der Waals surface area contributed by atoms with Crippen LogP contribution in [-0.4, -0.2) is 31.2 Å². The number of benzene rings is 1. The molecule has 1 heterocycles. The van der Waals surface area contributed by atoms with E-state index in [1.165, 1.54) is 6.07 Å². The van der Waals surface area contributed by atoms with Crippen molar-refractivity contribution in [2.45, 2.75) is 25.5 Å². The van der Waals surface area contributed by atoms with Crippen molar-refractivity contribution >= 4 is 11.9 Å². The molecule has 2 rings (SSSR count). The van der Waals surface area contributed by atoms with E-state index in [2.05, 4.69) is 5.32 Å². The van der Waals surface area contributed by atoms with Crippen molar-refractivity contribution in [1.29, 1.82) is 0 Å². The molecular formula is C14H16FNO4. The summed E-state index contributed by atoms with van der Waals surface area (Å²) in [4.78, 5) is 23.0. The van der Waals surface area contributed by atoms with Crippen LogP contribution in [0, 0.1) is 5.82 Å². The molecule has 1 fully saturated rings. The summed E-state index contributed by atoms with van der Waals surface area (Å²) >= 11 is 0. The van der Waals surface area contributed by atoms with Crippen LogP contribution in [0.25, 0.3) is 0 Å². The molecule has 1 aliphatic heterocycles. The van der Waals surface area contributed by atoms with Gasteiger partial charge in [-0.1, -0.05) is 18.2 Å². The zero-order valence-corrected chi connectivity index (χ0v) is 10.9. The predicted octanol–water partition coefficient (Wildman–Crippen LogP) is 1.16. The first-order valence-corrected chi connectivity index (χ1v) is 6.45. The molecule has 1 atom stereocenters. The Bertz CT molecular complexity index is 486. The molecule has 0 aliphatic carbocycles. The molecule has 0 spiro atoms. The number of hydrogen-bond donors (Lipinski definition) is 1. The third kappa shape index (κ3) is 4.03. The topological polar surface area (TPSA) is 64.6 Å². The van der Waals surface area contributed by atoms with Crippen molar-refractivity contribution in [2.75, 3.05) is 13.2 Å². The lowest BCUT2D eigenvalue weighted by atomic mass is 10.2. The van der Waals surface area contributed by atoms with Crippen LogP contribution in [0.1, 0.15) is 18.4 Å². The number of hydrogen-bond acceptors (Lipinski definition) is 4. The molecule has 6 heteroatoms. The van der Waals surface area contributed by atoms with Gasteiger partial charge in [-0.05, 0) is 18.9 Å². The van der Waals surface area contributed by atoms with Gasteiger partial charge in [-0.3, -0.25) is 4.79 Å². The molecule has 1 aromatic rings. The quantitative estimate of drug-likeness (QED) is 0.823. The van der Waals surface area contributed by atoms with Crippen LogP contribution in [0.4, 0.5) is 4.39 Å². The number of rotatable bonds is 5. The maximum Gasteiger partial charge on any atom is 0.335 e. The highest BCUT2D eigenvalue weighted by molar-refractivity contribution is 5.82. The third-order valence-corrected chi connectivity index (χ3v) is 2.97. The van der Waals surface area contributed by atoms with E-state index in [1.54, 1.807) is 18.2 Å².